The quantitative estimate of drug-likeness (QED) is 0.324. The molecule has 0 aliphatic carbocycles. The summed E-state index contributed by atoms with van der Waals surface area (Å²) >= 11 is 1.82. The number of rotatable bonds is 5. The monoisotopic (exact) mass is 381 g/mol. The van der Waals surface area contributed by atoms with E-state index in [1.807, 2.05) is 23.5 Å². The summed E-state index contributed by atoms with van der Waals surface area (Å²) in [6.45, 7) is 0. The molecule has 0 saturated heterocycles. The Bertz CT molecular complexity index is 1010. The lowest BCUT2D eigenvalue weighted by molar-refractivity contribution is 0.415. The molecule has 136 valence electrons. The van der Waals surface area contributed by atoms with E-state index in [9.17, 15) is 0 Å². The Hall–Kier alpha value is -3.23. The molecule has 1 aromatic heterocycles. The molecule has 4 rings (SSSR count). The van der Waals surface area contributed by atoms with Crippen LogP contribution in [-0.2, 0) is 0 Å². The summed E-state index contributed by atoms with van der Waals surface area (Å²) in [7, 11) is 1.69. The van der Waals surface area contributed by atoms with Crippen LogP contribution in [0, 0.1) is 0 Å². The van der Waals surface area contributed by atoms with Gasteiger partial charge in [0, 0.05) is 23.3 Å². The molecule has 0 atom stereocenters. The maximum Gasteiger partial charge on any atom is 0.239 e. The normalized spacial score (nSPS) is 10.9. The molecule has 1 nitrogen and oxygen atoms in total. The van der Waals surface area contributed by atoms with Crippen molar-refractivity contribution in [3.8, 4) is 26.6 Å². The average Bonchev–Trinajstić information content (AvgIpc) is 2.79. The van der Waals surface area contributed by atoms with Crippen LogP contribution in [0.4, 0.5) is 0 Å². The highest BCUT2D eigenvalue weighted by molar-refractivity contribution is 7.18. The highest BCUT2D eigenvalue weighted by Gasteiger charge is 2.17. The van der Waals surface area contributed by atoms with Crippen molar-refractivity contribution < 1.29 is 4.74 Å². The first-order valence-corrected chi connectivity index (χ1v) is 10.0. The van der Waals surface area contributed by atoms with Gasteiger partial charge in [-0.2, -0.15) is 0 Å². The largest absolute Gasteiger partial charge is 0.497 e. The van der Waals surface area contributed by atoms with Crippen molar-refractivity contribution in [2.75, 3.05) is 7.11 Å². The predicted molar refractivity (Wildman–Crippen MR) is 122 cm³/mol. The Morgan fingerprint density at radius 1 is 0.607 bits per heavy atom. The minimum absolute atomic E-state index is 0.872. The lowest BCUT2D eigenvalue weighted by Crippen LogP contribution is -1.82. The molecule has 28 heavy (non-hydrogen) atoms. The number of methoxy groups -OCH3 is 1. The number of hydrogen-bond acceptors (Lipinski definition) is 1. The first-order valence-electron chi connectivity index (χ1n) is 9.23. The third-order valence-electron chi connectivity index (χ3n) is 4.52. The van der Waals surface area contributed by atoms with Gasteiger partial charge in [-0.05, 0) is 47.5 Å². The van der Waals surface area contributed by atoms with Crippen molar-refractivity contribution in [2.45, 2.75) is 0 Å². The van der Waals surface area contributed by atoms with E-state index in [4.69, 9.17) is 4.74 Å². The minimum atomic E-state index is 0.872. The summed E-state index contributed by atoms with van der Waals surface area (Å²) in [5.74, 6) is 0.872. The molecular formula is C26H21OS+. The van der Waals surface area contributed by atoms with Gasteiger partial charge in [-0.3, -0.25) is 0 Å². The van der Waals surface area contributed by atoms with Crippen LogP contribution in [0.1, 0.15) is 11.1 Å². The standard InChI is InChI=1S/C26H21OS/c1-27-24-16-14-20(15-17-24)12-13-21-18-25(22-8-4-2-5-9-22)28-26(19-21)23-10-6-3-7-11-23/h2-19H,1H3/q+1. The molecule has 0 amide bonds. The van der Waals surface area contributed by atoms with Crippen LogP contribution in [-0.4, -0.2) is 7.11 Å². The lowest BCUT2D eigenvalue weighted by Gasteiger charge is -2.00. The van der Waals surface area contributed by atoms with Crippen LogP contribution < -0.4 is 4.74 Å². The van der Waals surface area contributed by atoms with Crippen molar-refractivity contribution in [3.63, 3.8) is 0 Å². The molecule has 0 N–H and O–H groups in total. The van der Waals surface area contributed by atoms with Gasteiger partial charge in [-0.15, -0.1) is 0 Å². The SMILES string of the molecule is COc1ccc(C=Cc2cc(-c3ccccc3)[s+]c(-c3ccccc3)c2)cc1. The van der Waals surface area contributed by atoms with Gasteiger partial charge in [0.2, 0.25) is 21.1 Å². The van der Waals surface area contributed by atoms with Crippen molar-refractivity contribution in [3.05, 3.63) is 108 Å². The highest BCUT2D eigenvalue weighted by Crippen LogP contribution is 2.34. The van der Waals surface area contributed by atoms with Gasteiger partial charge in [0.15, 0.2) is 0 Å². The smallest absolute Gasteiger partial charge is 0.239 e. The molecule has 0 aliphatic heterocycles. The Kier molecular flexibility index (Phi) is 5.60. The number of hydrogen-bond donors (Lipinski definition) is 0. The van der Waals surface area contributed by atoms with Crippen molar-refractivity contribution in [1.82, 2.24) is 0 Å². The summed E-state index contributed by atoms with van der Waals surface area (Å²) in [5, 5.41) is 0. The Morgan fingerprint density at radius 3 is 1.61 bits per heavy atom. The molecular weight excluding hydrogens is 360 g/mol. The van der Waals surface area contributed by atoms with E-state index in [2.05, 4.69) is 97.1 Å². The van der Waals surface area contributed by atoms with Crippen LogP contribution in [0.2, 0.25) is 0 Å². The topological polar surface area (TPSA) is 9.23 Å². The second-order valence-electron chi connectivity index (χ2n) is 6.46. The van der Waals surface area contributed by atoms with Crippen LogP contribution in [0.5, 0.6) is 5.75 Å². The minimum Gasteiger partial charge on any atom is -0.497 e. The third kappa shape index (κ3) is 4.36. The zero-order chi connectivity index (χ0) is 19.2. The van der Waals surface area contributed by atoms with Gasteiger partial charge in [-0.1, -0.05) is 60.7 Å². The zero-order valence-corrected chi connectivity index (χ0v) is 16.5. The number of benzene rings is 3. The fraction of sp³-hybridized carbons (Fsp3) is 0.0385. The van der Waals surface area contributed by atoms with Crippen molar-refractivity contribution in [1.29, 1.82) is 0 Å². The molecule has 4 aromatic rings. The van der Waals surface area contributed by atoms with E-state index < -0.39 is 0 Å². The zero-order valence-electron chi connectivity index (χ0n) is 15.7. The van der Waals surface area contributed by atoms with Crippen LogP contribution >= 0.6 is 11.3 Å². The lowest BCUT2D eigenvalue weighted by atomic mass is 10.1. The fourth-order valence-electron chi connectivity index (χ4n) is 3.01. The first-order chi connectivity index (χ1) is 13.8. The second-order valence-corrected chi connectivity index (χ2v) is 7.54. The van der Waals surface area contributed by atoms with E-state index in [0.717, 1.165) is 11.3 Å². The molecule has 0 unspecified atom stereocenters. The number of ether oxygens (including phenoxy) is 1. The van der Waals surface area contributed by atoms with Crippen molar-refractivity contribution >= 4 is 23.5 Å². The highest BCUT2D eigenvalue weighted by atomic mass is 32.1. The molecule has 3 aromatic carbocycles. The molecule has 0 spiro atoms. The summed E-state index contributed by atoms with van der Waals surface area (Å²) < 4.78 is 5.24. The second kappa shape index (κ2) is 8.64. The molecule has 0 radical (unpaired) electrons. The maximum absolute atomic E-state index is 5.24. The Balaban J connectivity index is 1.74. The Morgan fingerprint density at radius 2 is 1.11 bits per heavy atom. The third-order valence-corrected chi connectivity index (χ3v) is 5.66. The maximum atomic E-state index is 5.24. The van der Waals surface area contributed by atoms with Gasteiger partial charge in [0.05, 0.1) is 7.11 Å². The van der Waals surface area contributed by atoms with Gasteiger partial charge < -0.3 is 4.74 Å². The van der Waals surface area contributed by atoms with Crippen LogP contribution in [0.25, 0.3) is 33.0 Å². The van der Waals surface area contributed by atoms with Gasteiger partial charge in [-0.25, -0.2) is 0 Å². The van der Waals surface area contributed by atoms with E-state index in [-0.39, 0.29) is 0 Å². The van der Waals surface area contributed by atoms with E-state index in [0.29, 0.717) is 0 Å². The van der Waals surface area contributed by atoms with E-state index >= 15 is 0 Å². The van der Waals surface area contributed by atoms with Gasteiger partial charge in [0.1, 0.15) is 5.75 Å². The first kappa shape index (κ1) is 18.1. The fourth-order valence-corrected chi connectivity index (χ4v) is 4.15. The van der Waals surface area contributed by atoms with Gasteiger partial charge >= 0.3 is 0 Å². The molecule has 0 fully saturated rings. The summed E-state index contributed by atoms with van der Waals surface area (Å²) in [5.41, 5.74) is 4.82. The molecule has 0 bridgehead atoms. The Labute approximate surface area is 170 Å². The predicted octanol–water partition coefficient (Wildman–Crippen LogP) is 7.54. The van der Waals surface area contributed by atoms with Crippen LogP contribution in [0.15, 0.2) is 97.1 Å². The molecule has 1 heterocycles. The average molecular weight is 382 g/mol. The molecule has 0 saturated carbocycles. The summed E-state index contributed by atoms with van der Waals surface area (Å²) in [6, 6.07) is 33.7. The molecule has 0 aliphatic rings. The van der Waals surface area contributed by atoms with Gasteiger partial charge in [0.25, 0.3) is 0 Å². The van der Waals surface area contributed by atoms with Crippen molar-refractivity contribution in [2.24, 2.45) is 0 Å². The summed E-state index contributed by atoms with van der Waals surface area (Å²) in [4.78, 5) is 2.52. The molecule has 2 heteroatoms. The van der Waals surface area contributed by atoms with Crippen LogP contribution in [0.3, 0.4) is 0 Å². The summed E-state index contributed by atoms with van der Waals surface area (Å²) in [6.07, 6.45) is 4.32. The van der Waals surface area contributed by atoms with E-state index in [1.54, 1.807) is 7.11 Å². The van der Waals surface area contributed by atoms with E-state index in [1.165, 1.54) is 26.4 Å².